The third-order valence-corrected chi connectivity index (χ3v) is 1.96. The SMILES string of the molecule is O=C(O)CONC(=O)C1CCOCC1. The van der Waals surface area contributed by atoms with Crippen molar-refractivity contribution in [3.05, 3.63) is 0 Å². The molecule has 1 amide bonds. The van der Waals surface area contributed by atoms with E-state index in [-0.39, 0.29) is 11.8 Å². The van der Waals surface area contributed by atoms with Crippen LogP contribution in [0.25, 0.3) is 0 Å². The first-order valence-corrected chi connectivity index (χ1v) is 4.41. The van der Waals surface area contributed by atoms with E-state index < -0.39 is 12.6 Å². The maximum atomic E-state index is 11.3. The fourth-order valence-corrected chi connectivity index (χ4v) is 1.21. The van der Waals surface area contributed by atoms with Crippen molar-refractivity contribution < 1.29 is 24.3 Å². The highest BCUT2D eigenvalue weighted by Crippen LogP contribution is 2.14. The van der Waals surface area contributed by atoms with Crippen molar-refractivity contribution in [2.24, 2.45) is 5.92 Å². The Balaban J connectivity index is 2.16. The van der Waals surface area contributed by atoms with Crippen molar-refractivity contribution in [2.75, 3.05) is 19.8 Å². The second kappa shape index (κ2) is 5.56. The lowest BCUT2D eigenvalue weighted by atomic mass is 10.0. The molecule has 0 spiro atoms. The maximum absolute atomic E-state index is 11.3. The molecule has 1 fully saturated rings. The van der Waals surface area contributed by atoms with Crippen LogP contribution < -0.4 is 5.48 Å². The molecule has 1 saturated heterocycles. The van der Waals surface area contributed by atoms with Crippen molar-refractivity contribution in [1.82, 2.24) is 5.48 Å². The zero-order valence-electron chi connectivity index (χ0n) is 7.69. The number of rotatable bonds is 4. The van der Waals surface area contributed by atoms with E-state index in [1.165, 1.54) is 0 Å². The molecule has 1 aliphatic rings. The first-order chi connectivity index (χ1) is 6.70. The summed E-state index contributed by atoms with van der Waals surface area (Å²) < 4.78 is 5.08. The number of hydrogen-bond donors (Lipinski definition) is 2. The highest BCUT2D eigenvalue weighted by molar-refractivity contribution is 5.78. The Morgan fingerprint density at radius 3 is 2.64 bits per heavy atom. The molecule has 1 aliphatic heterocycles. The number of ether oxygens (including phenoxy) is 1. The van der Waals surface area contributed by atoms with E-state index in [2.05, 4.69) is 10.3 Å². The van der Waals surface area contributed by atoms with Gasteiger partial charge in [-0.25, -0.2) is 10.3 Å². The molecule has 0 radical (unpaired) electrons. The summed E-state index contributed by atoms with van der Waals surface area (Å²) in [6, 6.07) is 0. The van der Waals surface area contributed by atoms with Crippen LogP contribution in [0.2, 0.25) is 0 Å². The number of carboxylic acids is 1. The molecule has 0 unspecified atom stereocenters. The van der Waals surface area contributed by atoms with E-state index in [4.69, 9.17) is 9.84 Å². The number of nitrogens with one attached hydrogen (secondary N) is 1. The number of amides is 1. The molecule has 6 heteroatoms. The van der Waals surface area contributed by atoms with Gasteiger partial charge in [-0.1, -0.05) is 0 Å². The lowest BCUT2D eigenvalue weighted by Gasteiger charge is -2.20. The quantitative estimate of drug-likeness (QED) is 0.604. The molecule has 0 bridgehead atoms. The maximum Gasteiger partial charge on any atom is 0.332 e. The molecule has 0 aromatic rings. The van der Waals surface area contributed by atoms with Crippen LogP contribution in [0.3, 0.4) is 0 Å². The zero-order chi connectivity index (χ0) is 10.4. The summed E-state index contributed by atoms with van der Waals surface area (Å²) in [7, 11) is 0. The Bertz CT molecular complexity index is 212. The second-order valence-electron chi connectivity index (χ2n) is 3.04. The molecule has 0 aliphatic carbocycles. The molecular formula is C8H13NO5. The molecule has 14 heavy (non-hydrogen) atoms. The van der Waals surface area contributed by atoms with E-state index in [1.807, 2.05) is 0 Å². The first-order valence-electron chi connectivity index (χ1n) is 4.41. The Kier molecular flexibility index (Phi) is 4.34. The monoisotopic (exact) mass is 203 g/mol. The first kappa shape index (κ1) is 10.9. The van der Waals surface area contributed by atoms with Crippen molar-refractivity contribution in [3.63, 3.8) is 0 Å². The fourth-order valence-electron chi connectivity index (χ4n) is 1.21. The largest absolute Gasteiger partial charge is 0.479 e. The summed E-state index contributed by atoms with van der Waals surface area (Å²) in [5, 5.41) is 8.24. The van der Waals surface area contributed by atoms with Crippen molar-refractivity contribution in [2.45, 2.75) is 12.8 Å². The predicted molar refractivity (Wildman–Crippen MR) is 45.3 cm³/mol. The summed E-state index contributed by atoms with van der Waals surface area (Å²) in [6.07, 6.45) is 1.31. The van der Waals surface area contributed by atoms with Crippen LogP contribution in [0.5, 0.6) is 0 Å². The Hall–Kier alpha value is -1.14. The van der Waals surface area contributed by atoms with Crippen molar-refractivity contribution in [3.8, 4) is 0 Å². The van der Waals surface area contributed by atoms with Gasteiger partial charge in [-0.05, 0) is 12.8 Å². The average molecular weight is 203 g/mol. The normalized spacial score (nSPS) is 17.7. The van der Waals surface area contributed by atoms with E-state index >= 15 is 0 Å². The minimum atomic E-state index is -1.11. The van der Waals surface area contributed by atoms with Crippen LogP contribution in [-0.4, -0.2) is 36.8 Å². The molecule has 1 heterocycles. The highest BCUT2D eigenvalue weighted by Gasteiger charge is 2.21. The van der Waals surface area contributed by atoms with Gasteiger partial charge in [0.05, 0.1) is 0 Å². The molecule has 0 aromatic heterocycles. The van der Waals surface area contributed by atoms with Gasteiger partial charge < -0.3 is 9.84 Å². The van der Waals surface area contributed by atoms with Gasteiger partial charge in [0, 0.05) is 19.1 Å². The molecule has 0 saturated carbocycles. The summed E-state index contributed by atoms with van der Waals surface area (Å²) in [5.74, 6) is -1.51. The van der Waals surface area contributed by atoms with Crippen molar-refractivity contribution in [1.29, 1.82) is 0 Å². The van der Waals surface area contributed by atoms with E-state index in [9.17, 15) is 9.59 Å². The van der Waals surface area contributed by atoms with E-state index in [1.54, 1.807) is 0 Å². The van der Waals surface area contributed by atoms with Crippen LogP contribution in [-0.2, 0) is 19.2 Å². The number of carbonyl (C=O) groups is 2. The predicted octanol–water partition coefficient (Wildman–Crippen LogP) is -0.455. The lowest BCUT2D eigenvalue weighted by Crippen LogP contribution is -2.35. The summed E-state index contributed by atoms with van der Waals surface area (Å²) in [5.41, 5.74) is 2.11. The van der Waals surface area contributed by atoms with Gasteiger partial charge in [-0.15, -0.1) is 0 Å². The standard InChI is InChI=1S/C8H13NO5/c10-7(11)5-14-9-8(12)6-1-3-13-4-2-6/h6H,1-5H2,(H,9,12)(H,10,11). The fraction of sp³-hybridized carbons (Fsp3) is 0.750. The summed E-state index contributed by atoms with van der Waals surface area (Å²) >= 11 is 0. The molecule has 6 nitrogen and oxygen atoms in total. The van der Waals surface area contributed by atoms with Gasteiger partial charge >= 0.3 is 5.97 Å². The van der Waals surface area contributed by atoms with Gasteiger partial charge in [0.2, 0.25) is 5.91 Å². The Morgan fingerprint density at radius 2 is 2.07 bits per heavy atom. The average Bonchev–Trinajstić information content (AvgIpc) is 2.18. The topological polar surface area (TPSA) is 84.9 Å². The van der Waals surface area contributed by atoms with Crippen LogP contribution >= 0.6 is 0 Å². The number of aliphatic carboxylic acids is 1. The number of hydrogen-bond acceptors (Lipinski definition) is 4. The number of carboxylic acid groups (broad SMARTS) is 1. The zero-order valence-corrected chi connectivity index (χ0v) is 7.69. The van der Waals surface area contributed by atoms with E-state index in [0.29, 0.717) is 26.1 Å². The second-order valence-corrected chi connectivity index (χ2v) is 3.04. The summed E-state index contributed by atoms with van der Waals surface area (Å²) in [6.45, 7) is 0.614. The van der Waals surface area contributed by atoms with Gasteiger partial charge in [0.1, 0.15) is 0 Å². The number of hydroxylamine groups is 1. The van der Waals surface area contributed by atoms with Crippen LogP contribution in [0, 0.1) is 5.92 Å². The smallest absolute Gasteiger partial charge is 0.332 e. The lowest BCUT2D eigenvalue weighted by molar-refractivity contribution is -0.151. The highest BCUT2D eigenvalue weighted by atomic mass is 16.7. The molecule has 0 aromatic carbocycles. The van der Waals surface area contributed by atoms with Crippen LogP contribution in [0.15, 0.2) is 0 Å². The van der Waals surface area contributed by atoms with Crippen molar-refractivity contribution >= 4 is 11.9 Å². The third-order valence-electron chi connectivity index (χ3n) is 1.96. The Labute approximate surface area is 81.1 Å². The van der Waals surface area contributed by atoms with Gasteiger partial charge in [0.15, 0.2) is 6.61 Å². The van der Waals surface area contributed by atoms with Gasteiger partial charge in [0.25, 0.3) is 0 Å². The van der Waals surface area contributed by atoms with Crippen LogP contribution in [0.1, 0.15) is 12.8 Å². The molecule has 80 valence electrons. The van der Waals surface area contributed by atoms with Crippen LogP contribution in [0.4, 0.5) is 0 Å². The van der Waals surface area contributed by atoms with Gasteiger partial charge in [-0.2, -0.15) is 0 Å². The molecule has 2 N–H and O–H groups in total. The molecule has 1 rings (SSSR count). The Morgan fingerprint density at radius 1 is 1.43 bits per heavy atom. The van der Waals surface area contributed by atoms with E-state index in [0.717, 1.165) is 0 Å². The molecular weight excluding hydrogens is 190 g/mol. The minimum absolute atomic E-state index is 0.127. The number of carbonyl (C=O) groups excluding carboxylic acids is 1. The minimum Gasteiger partial charge on any atom is -0.479 e. The summed E-state index contributed by atoms with van der Waals surface area (Å²) in [4.78, 5) is 25.8. The third kappa shape index (κ3) is 3.71. The van der Waals surface area contributed by atoms with Gasteiger partial charge in [-0.3, -0.25) is 9.63 Å². The molecule has 0 atom stereocenters.